The first-order valence-corrected chi connectivity index (χ1v) is 6.04. The molecule has 4 nitrogen and oxygen atoms in total. The van der Waals surface area contributed by atoms with E-state index >= 15 is 0 Å². The number of rotatable bonds is 3. The van der Waals surface area contributed by atoms with Gasteiger partial charge in [0.2, 0.25) is 0 Å². The van der Waals surface area contributed by atoms with Crippen LogP contribution in [0.3, 0.4) is 0 Å². The summed E-state index contributed by atoms with van der Waals surface area (Å²) in [6, 6.07) is 3.77. The normalized spacial score (nSPS) is 10.7. The van der Waals surface area contributed by atoms with Crippen LogP contribution in [0.5, 0.6) is 5.75 Å². The smallest absolute Gasteiger partial charge is 0.128 e. The fourth-order valence-corrected chi connectivity index (χ4v) is 2.10. The number of aromatic amines is 1. The number of nitrogens with one attached hydrogen (secondary N) is 1. The number of H-pyrrole nitrogens is 1. The zero-order valence-corrected chi connectivity index (χ0v) is 11.4. The molecular weight excluding hydrogens is 250 g/mol. The van der Waals surface area contributed by atoms with Crippen LogP contribution >= 0.6 is 11.6 Å². The van der Waals surface area contributed by atoms with Crippen molar-refractivity contribution in [2.75, 3.05) is 7.11 Å². The van der Waals surface area contributed by atoms with E-state index in [-0.39, 0.29) is 0 Å². The van der Waals surface area contributed by atoms with Crippen LogP contribution in [0.15, 0.2) is 12.1 Å². The van der Waals surface area contributed by atoms with Gasteiger partial charge >= 0.3 is 0 Å². The fraction of sp³-hybridized carbons (Fsp3) is 0.308. The fourth-order valence-electron chi connectivity index (χ4n) is 1.93. The number of benzene rings is 1. The molecule has 1 heterocycles. The highest BCUT2D eigenvalue weighted by Gasteiger charge is 2.16. The van der Waals surface area contributed by atoms with Crippen molar-refractivity contribution in [2.45, 2.75) is 20.4 Å². The van der Waals surface area contributed by atoms with Gasteiger partial charge in [0.1, 0.15) is 11.4 Å². The lowest BCUT2D eigenvalue weighted by molar-refractivity contribution is 0.416. The lowest BCUT2D eigenvalue weighted by Crippen LogP contribution is -2.00. The molecule has 3 N–H and O–H groups in total. The third kappa shape index (κ3) is 2.09. The summed E-state index contributed by atoms with van der Waals surface area (Å²) in [5.41, 5.74) is 10.3. The maximum Gasteiger partial charge on any atom is 0.128 e. The van der Waals surface area contributed by atoms with Crippen LogP contribution in [-0.4, -0.2) is 17.3 Å². The first-order chi connectivity index (χ1) is 8.58. The highest BCUT2D eigenvalue weighted by atomic mass is 35.5. The molecule has 0 spiro atoms. The quantitative estimate of drug-likeness (QED) is 0.897. The van der Waals surface area contributed by atoms with Gasteiger partial charge in [0.25, 0.3) is 0 Å². The van der Waals surface area contributed by atoms with Crippen LogP contribution < -0.4 is 10.5 Å². The van der Waals surface area contributed by atoms with Gasteiger partial charge in [0.05, 0.1) is 7.11 Å². The van der Waals surface area contributed by atoms with Crippen LogP contribution in [0, 0.1) is 13.8 Å². The molecule has 1 aromatic carbocycles. The van der Waals surface area contributed by atoms with Gasteiger partial charge in [0, 0.05) is 28.4 Å². The molecular formula is C13H16ClN3O. The molecule has 1 aromatic heterocycles. The van der Waals surface area contributed by atoms with Crippen LogP contribution in [-0.2, 0) is 6.54 Å². The number of halogens is 1. The minimum absolute atomic E-state index is 0.423. The molecule has 2 rings (SSSR count). The van der Waals surface area contributed by atoms with Gasteiger partial charge in [-0.1, -0.05) is 11.6 Å². The molecule has 5 heteroatoms. The van der Waals surface area contributed by atoms with E-state index in [0.717, 1.165) is 33.8 Å². The summed E-state index contributed by atoms with van der Waals surface area (Å²) in [6.45, 7) is 4.31. The van der Waals surface area contributed by atoms with Crippen molar-refractivity contribution in [1.82, 2.24) is 10.2 Å². The van der Waals surface area contributed by atoms with E-state index in [9.17, 15) is 0 Å². The predicted molar refractivity (Wildman–Crippen MR) is 73.0 cm³/mol. The Hall–Kier alpha value is -1.52. The maximum atomic E-state index is 6.17. The molecule has 0 fully saturated rings. The first-order valence-electron chi connectivity index (χ1n) is 5.67. The van der Waals surface area contributed by atoms with Gasteiger partial charge in [0.15, 0.2) is 0 Å². The lowest BCUT2D eigenvalue weighted by atomic mass is 10.0. The van der Waals surface area contributed by atoms with Crippen molar-refractivity contribution in [1.29, 1.82) is 0 Å². The second kappa shape index (κ2) is 5.00. The summed E-state index contributed by atoms with van der Waals surface area (Å²) >= 11 is 6.17. The zero-order valence-electron chi connectivity index (χ0n) is 10.7. The Morgan fingerprint density at radius 2 is 2.11 bits per heavy atom. The Morgan fingerprint density at radius 3 is 2.72 bits per heavy atom. The van der Waals surface area contributed by atoms with E-state index in [2.05, 4.69) is 10.2 Å². The third-order valence-corrected chi connectivity index (χ3v) is 3.42. The molecule has 0 saturated carbocycles. The van der Waals surface area contributed by atoms with E-state index in [0.29, 0.717) is 11.6 Å². The van der Waals surface area contributed by atoms with Crippen molar-refractivity contribution in [3.63, 3.8) is 0 Å². The van der Waals surface area contributed by atoms with Crippen LogP contribution in [0.2, 0.25) is 5.02 Å². The Bertz CT molecular complexity index is 578. The molecule has 2 aromatic rings. The largest absolute Gasteiger partial charge is 0.496 e. The Balaban J connectivity index is 2.66. The molecule has 0 bridgehead atoms. The van der Waals surface area contributed by atoms with E-state index in [1.165, 1.54) is 0 Å². The molecule has 18 heavy (non-hydrogen) atoms. The predicted octanol–water partition coefficient (Wildman–Crippen LogP) is 2.81. The second-order valence-electron chi connectivity index (χ2n) is 4.18. The van der Waals surface area contributed by atoms with E-state index in [4.69, 9.17) is 22.1 Å². The van der Waals surface area contributed by atoms with Crippen molar-refractivity contribution in [3.05, 3.63) is 34.0 Å². The van der Waals surface area contributed by atoms with E-state index < -0.39 is 0 Å². The van der Waals surface area contributed by atoms with Crippen LogP contribution in [0.1, 0.15) is 16.8 Å². The number of aryl methyl sites for hydroxylation is 2. The summed E-state index contributed by atoms with van der Waals surface area (Å²) in [7, 11) is 1.63. The summed E-state index contributed by atoms with van der Waals surface area (Å²) in [5.74, 6) is 0.748. The van der Waals surface area contributed by atoms with Crippen LogP contribution in [0.25, 0.3) is 11.3 Å². The first kappa shape index (κ1) is 12.9. The minimum atomic E-state index is 0.423. The molecule has 0 atom stereocenters. The van der Waals surface area contributed by atoms with Gasteiger partial charge in [-0.3, -0.25) is 5.10 Å². The van der Waals surface area contributed by atoms with Gasteiger partial charge in [-0.25, -0.2) is 0 Å². The molecule has 0 saturated heterocycles. The number of nitrogens with two attached hydrogens (primary N) is 1. The van der Waals surface area contributed by atoms with Gasteiger partial charge in [-0.2, -0.15) is 5.10 Å². The zero-order chi connectivity index (χ0) is 13.3. The van der Waals surface area contributed by atoms with Crippen molar-refractivity contribution in [2.24, 2.45) is 5.73 Å². The molecule has 96 valence electrons. The van der Waals surface area contributed by atoms with Crippen molar-refractivity contribution >= 4 is 11.6 Å². The van der Waals surface area contributed by atoms with E-state index in [1.807, 2.05) is 26.0 Å². The average Bonchev–Trinajstić information content (AvgIpc) is 2.73. The maximum absolute atomic E-state index is 6.17. The Labute approximate surface area is 111 Å². The molecule has 0 amide bonds. The van der Waals surface area contributed by atoms with Gasteiger partial charge in [-0.05, 0) is 31.5 Å². The number of hydrogen-bond donors (Lipinski definition) is 2. The highest BCUT2D eigenvalue weighted by molar-refractivity contribution is 6.31. The lowest BCUT2D eigenvalue weighted by Gasteiger charge is -2.10. The molecule has 0 aliphatic carbocycles. The Morgan fingerprint density at radius 1 is 1.39 bits per heavy atom. The summed E-state index contributed by atoms with van der Waals surface area (Å²) in [4.78, 5) is 0. The Kier molecular flexibility index (Phi) is 3.59. The molecule has 0 unspecified atom stereocenters. The summed E-state index contributed by atoms with van der Waals surface area (Å²) in [6.07, 6.45) is 0. The number of aromatic nitrogens is 2. The van der Waals surface area contributed by atoms with Crippen molar-refractivity contribution < 1.29 is 4.74 Å². The minimum Gasteiger partial charge on any atom is -0.496 e. The standard InChI is InChI=1S/C13H16ClN3O/c1-7-4-12(18-3)9(5-11(7)14)13-10(6-15)8(2)16-17-13/h4-5H,6,15H2,1-3H3,(H,16,17). The topological polar surface area (TPSA) is 63.9 Å². The average molecular weight is 266 g/mol. The number of nitrogens with zero attached hydrogens (tertiary/aromatic N) is 1. The van der Waals surface area contributed by atoms with Crippen LogP contribution in [0.4, 0.5) is 0 Å². The van der Waals surface area contributed by atoms with Gasteiger partial charge in [-0.15, -0.1) is 0 Å². The second-order valence-corrected chi connectivity index (χ2v) is 4.59. The van der Waals surface area contributed by atoms with Gasteiger partial charge < -0.3 is 10.5 Å². The number of hydrogen-bond acceptors (Lipinski definition) is 3. The third-order valence-electron chi connectivity index (χ3n) is 3.01. The molecule has 0 aliphatic heterocycles. The number of ether oxygens (including phenoxy) is 1. The number of methoxy groups -OCH3 is 1. The van der Waals surface area contributed by atoms with Crippen molar-refractivity contribution in [3.8, 4) is 17.0 Å². The molecule has 0 aliphatic rings. The summed E-state index contributed by atoms with van der Waals surface area (Å²) in [5, 5.41) is 7.93. The molecule has 0 radical (unpaired) electrons. The SMILES string of the molecule is COc1cc(C)c(Cl)cc1-c1n[nH]c(C)c1CN. The summed E-state index contributed by atoms with van der Waals surface area (Å²) < 4.78 is 5.39. The van der Waals surface area contributed by atoms with E-state index in [1.54, 1.807) is 7.11 Å². The highest BCUT2D eigenvalue weighted by Crippen LogP contribution is 2.35. The monoisotopic (exact) mass is 265 g/mol.